The molecule has 112 valence electrons. The first-order chi connectivity index (χ1) is 9.69. The highest BCUT2D eigenvalue weighted by molar-refractivity contribution is 7.80. The number of rotatable bonds is 5. The largest absolute Gasteiger partial charge is 0.464 e. The quantitative estimate of drug-likeness (QED) is 0.824. The van der Waals surface area contributed by atoms with Gasteiger partial charge in [-0.25, -0.2) is 0 Å². The summed E-state index contributed by atoms with van der Waals surface area (Å²) < 4.78 is 11.0. The van der Waals surface area contributed by atoms with E-state index >= 15 is 0 Å². The van der Waals surface area contributed by atoms with Gasteiger partial charge in [-0.3, -0.25) is 4.90 Å². The van der Waals surface area contributed by atoms with E-state index in [-0.39, 0.29) is 0 Å². The summed E-state index contributed by atoms with van der Waals surface area (Å²) in [4.78, 5) is 4.55. The molecule has 0 saturated carbocycles. The summed E-state index contributed by atoms with van der Waals surface area (Å²) in [5, 5.41) is 3.81. The standard InChI is InChI=1S/C14H23N3O2S/c1-12-3-4-13(19-12)11-17(14(20)15-2)6-5-16-7-9-18-10-8-16/h3-4H,5-11H2,1-2H3,(H,15,20). The number of furan rings is 1. The zero-order valence-electron chi connectivity index (χ0n) is 12.2. The highest BCUT2D eigenvalue weighted by Gasteiger charge is 2.15. The maximum absolute atomic E-state index is 5.64. The molecule has 1 fully saturated rings. The first kappa shape index (κ1) is 15.3. The maximum Gasteiger partial charge on any atom is 0.169 e. The zero-order valence-corrected chi connectivity index (χ0v) is 13.0. The smallest absolute Gasteiger partial charge is 0.169 e. The van der Waals surface area contributed by atoms with Gasteiger partial charge in [0.05, 0.1) is 19.8 Å². The molecule has 1 aromatic rings. The van der Waals surface area contributed by atoms with Crippen LogP contribution in [0.4, 0.5) is 0 Å². The lowest BCUT2D eigenvalue weighted by molar-refractivity contribution is 0.0355. The molecule has 1 aliphatic heterocycles. The normalized spacial score (nSPS) is 16.1. The molecule has 0 aromatic carbocycles. The van der Waals surface area contributed by atoms with E-state index in [1.807, 2.05) is 26.1 Å². The van der Waals surface area contributed by atoms with Crippen molar-refractivity contribution in [2.75, 3.05) is 46.4 Å². The van der Waals surface area contributed by atoms with Crippen LogP contribution in [-0.2, 0) is 11.3 Å². The molecule has 2 heterocycles. The van der Waals surface area contributed by atoms with Gasteiger partial charge in [0.2, 0.25) is 0 Å². The van der Waals surface area contributed by atoms with Crippen LogP contribution >= 0.6 is 12.2 Å². The summed E-state index contributed by atoms with van der Waals surface area (Å²) in [6, 6.07) is 3.99. The monoisotopic (exact) mass is 297 g/mol. The minimum atomic E-state index is 0.706. The Kier molecular flexibility index (Phi) is 5.82. The number of aryl methyl sites for hydroxylation is 1. The predicted octanol–water partition coefficient (Wildman–Crippen LogP) is 1.23. The number of hydrogen-bond donors (Lipinski definition) is 1. The third kappa shape index (κ3) is 4.47. The van der Waals surface area contributed by atoms with Gasteiger partial charge in [-0.05, 0) is 31.3 Å². The summed E-state index contributed by atoms with van der Waals surface area (Å²) in [5.74, 6) is 1.88. The second-order valence-corrected chi connectivity index (χ2v) is 5.33. The molecule has 0 radical (unpaired) electrons. The first-order valence-corrected chi connectivity index (χ1v) is 7.42. The predicted molar refractivity (Wildman–Crippen MR) is 82.8 cm³/mol. The van der Waals surface area contributed by atoms with E-state index in [1.165, 1.54) is 0 Å². The number of morpholine rings is 1. The van der Waals surface area contributed by atoms with Crippen LogP contribution < -0.4 is 5.32 Å². The van der Waals surface area contributed by atoms with Crippen LogP contribution in [0.2, 0.25) is 0 Å². The van der Waals surface area contributed by atoms with Gasteiger partial charge >= 0.3 is 0 Å². The van der Waals surface area contributed by atoms with Crippen LogP contribution in [0.5, 0.6) is 0 Å². The van der Waals surface area contributed by atoms with Gasteiger partial charge in [0, 0.05) is 33.2 Å². The number of thiocarbonyl (C=S) groups is 1. The van der Waals surface area contributed by atoms with Crippen molar-refractivity contribution in [3.8, 4) is 0 Å². The molecule has 0 aliphatic carbocycles. The molecule has 1 saturated heterocycles. The molecule has 0 spiro atoms. The van der Waals surface area contributed by atoms with Crippen LogP contribution in [-0.4, -0.2) is 61.4 Å². The summed E-state index contributed by atoms with van der Waals surface area (Å²) in [5.41, 5.74) is 0. The molecular weight excluding hydrogens is 274 g/mol. The summed E-state index contributed by atoms with van der Waals surface area (Å²) in [7, 11) is 1.86. The maximum atomic E-state index is 5.64. The fraction of sp³-hybridized carbons (Fsp3) is 0.643. The fourth-order valence-corrected chi connectivity index (χ4v) is 2.41. The Balaban J connectivity index is 1.87. The van der Waals surface area contributed by atoms with E-state index in [2.05, 4.69) is 15.1 Å². The highest BCUT2D eigenvalue weighted by Crippen LogP contribution is 2.10. The summed E-state index contributed by atoms with van der Waals surface area (Å²) in [6.45, 7) is 8.20. The Bertz CT molecular complexity index is 430. The van der Waals surface area contributed by atoms with Crippen molar-refractivity contribution in [3.63, 3.8) is 0 Å². The SMILES string of the molecule is CNC(=S)N(CCN1CCOCC1)Cc1ccc(C)o1. The molecule has 5 nitrogen and oxygen atoms in total. The lowest BCUT2D eigenvalue weighted by atomic mass is 10.3. The zero-order chi connectivity index (χ0) is 14.4. The molecular formula is C14H23N3O2S. The van der Waals surface area contributed by atoms with Crippen LogP contribution in [0.1, 0.15) is 11.5 Å². The second-order valence-electron chi connectivity index (χ2n) is 4.94. The third-order valence-corrected chi connectivity index (χ3v) is 3.90. The van der Waals surface area contributed by atoms with Crippen molar-refractivity contribution in [1.29, 1.82) is 0 Å². The minimum absolute atomic E-state index is 0.706. The second kappa shape index (κ2) is 7.61. The average molecular weight is 297 g/mol. The molecule has 2 rings (SSSR count). The van der Waals surface area contributed by atoms with Crippen LogP contribution in [0.3, 0.4) is 0 Å². The Labute approximate surface area is 125 Å². The third-order valence-electron chi connectivity index (χ3n) is 3.43. The lowest BCUT2D eigenvalue weighted by Gasteiger charge is -2.30. The van der Waals surface area contributed by atoms with Gasteiger partial charge in [0.15, 0.2) is 5.11 Å². The van der Waals surface area contributed by atoms with Gasteiger partial charge in [-0.1, -0.05) is 0 Å². The van der Waals surface area contributed by atoms with E-state index < -0.39 is 0 Å². The van der Waals surface area contributed by atoms with Crippen molar-refractivity contribution in [2.24, 2.45) is 0 Å². The van der Waals surface area contributed by atoms with E-state index in [9.17, 15) is 0 Å². The van der Waals surface area contributed by atoms with Gasteiger partial charge in [-0.2, -0.15) is 0 Å². The van der Waals surface area contributed by atoms with Crippen LogP contribution in [0.15, 0.2) is 16.5 Å². The lowest BCUT2D eigenvalue weighted by Crippen LogP contribution is -2.45. The molecule has 1 N–H and O–H groups in total. The van der Waals surface area contributed by atoms with Crippen molar-refractivity contribution < 1.29 is 9.15 Å². The van der Waals surface area contributed by atoms with Gasteiger partial charge in [0.25, 0.3) is 0 Å². The number of ether oxygens (including phenoxy) is 1. The highest BCUT2D eigenvalue weighted by atomic mass is 32.1. The number of nitrogens with zero attached hydrogens (tertiary/aromatic N) is 2. The van der Waals surface area contributed by atoms with Gasteiger partial charge in [0.1, 0.15) is 11.5 Å². The first-order valence-electron chi connectivity index (χ1n) is 7.01. The molecule has 0 unspecified atom stereocenters. The molecule has 6 heteroatoms. The topological polar surface area (TPSA) is 40.9 Å². The van der Waals surface area contributed by atoms with Gasteiger partial charge in [-0.15, -0.1) is 0 Å². The Morgan fingerprint density at radius 1 is 1.40 bits per heavy atom. The Morgan fingerprint density at radius 2 is 2.15 bits per heavy atom. The molecule has 0 amide bonds. The van der Waals surface area contributed by atoms with E-state index in [0.29, 0.717) is 6.54 Å². The van der Waals surface area contributed by atoms with E-state index in [4.69, 9.17) is 21.4 Å². The van der Waals surface area contributed by atoms with Crippen molar-refractivity contribution in [3.05, 3.63) is 23.7 Å². The number of nitrogens with one attached hydrogen (secondary N) is 1. The van der Waals surface area contributed by atoms with Crippen molar-refractivity contribution >= 4 is 17.3 Å². The van der Waals surface area contributed by atoms with Crippen LogP contribution in [0.25, 0.3) is 0 Å². The average Bonchev–Trinajstić information content (AvgIpc) is 2.89. The van der Waals surface area contributed by atoms with E-state index in [0.717, 1.165) is 56.0 Å². The minimum Gasteiger partial charge on any atom is -0.464 e. The van der Waals surface area contributed by atoms with Crippen molar-refractivity contribution in [1.82, 2.24) is 15.1 Å². The fourth-order valence-electron chi connectivity index (χ4n) is 2.26. The molecule has 0 bridgehead atoms. The molecule has 20 heavy (non-hydrogen) atoms. The van der Waals surface area contributed by atoms with Gasteiger partial charge < -0.3 is 19.4 Å². The molecule has 0 atom stereocenters. The molecule has 1 aliphatic rings. The summed E-state index contributed by atoms with van der Waals surface area (Å²) >= 11 is 5.38. The number of hydrogen-bond acceptors (Lipinski definition) is 4. The molecule has 1 aromatic heterocycles. The van der Waals surface area contributed by atoms with Crippen LogP contribution in [0, 0.1) is 6.92 Å². The van der Waals surface area contributed by atoms with Crippen molar-refractivity contribution in [2.45, 2.75) is 13.5 Å². The Hall–Kier alpha value is -1.11. The summed E-state index contributed by atoms with van der Waals surface area (Å²) in [6.07, 6.45) is 0. The Morgan fingerprint density at radius 3 is 2.75 bits per heavy atom. The van der Waals surface area contributed by atoms with E-state index in [1.54, 1.807) is 0 Å².